The van der Waals surface area contributed by atoms with E-state index in [2.05, 4.69) is 20.9 Å². The van der Waals surface area contributed by atoms with Gasteiger partial charge >= 0.3 is 24.2 Å². The quantitative estimate of drug-likeness (QED) is 0.0964. The average Bonchev–Trinajstić information content (AvgIpc) is 3.58. The Labute approximate surface area is 280 Å². The summed E-state index contributed by atoms with van der Waals surface area (Å²) in [7, 11) is 1.21. The number of nitrogens with one attached hydrogen (secondary N) is 3. The number of rotatable bonds is 12. The van der Waals surface area contributed by atoms with E-state index in [0.29, 0.717) is 6.42 Å². The van der Waals surface area contributed by atoms with Gasteiger partial charge in [0.25, 0.3) is 0 Å². The fourth-order valence-electron chi connectivity index (χ4n) is 4.55. The molecule has 2 fully saturated rings. The van der Waals surface area contributed by atoms with Gasteiger partial charge in [0.2, 0.25) is 5.96 Å². The third-order valence-electron chi connectivity index (χ3n) is 6.57. The fourth-order valence-corrected chi connectivity index (χ4v) is 4.55. The van der Waals surface area contributed by atoms with Crippen LogP contribution in [0.5, 0.6) is 0 Å². The van der Waals surface area contributed by atoms with Gasteiger partial charge < -0.3 is 43.2 Å². The summed E-state index contributed by atoms with van der Waals surface area (Å²) in [5, 5.41) is 7.35. The summed E-state index contributed by atoms with van der Waals surface area (Å²) in [5.41, 5.74) is -0.705. The molecule has 16 nitrogen and oxygen atoms in total. The number of benzene rings is 1. The lowest BCUT2D eigenvalue weighted by atomic mass is 10.1. The highest BCUT2D eigenvalue weighted by Crippen LogP contribution is 2.30. The second-order valence-corrected chi connectivity index (χ2v) is 13.0. The van der Waals surface area contributed by atoms with Crippen molar-refractivity contribution in [3.63, 3.8) is 0 Å². The van der Waals surface area contributed by atoms with Crippen LogP contribution in [-0.2, 0) is 49.3 Å². The van der Waals surface area contributed by atoms with Gasteiger partial charge in [-0.15, -0.1) is 0 Å². The van der Waals surface area contributed by atoms with Crippen molar-refractivity contribution in [1.82, 2.24) is 16.0 Å². The Morgan fingerprint density at radius 1 is 0.854 bits per heavy atom. The van der Waals surface area contributed by atoms with Gasteiger partial charge in [0, 0.05) is 13.2 Å². The predicted molar refractivity (Wildman–Crippen MR) is 170 cm³/mol. The van der Waals surface area contributed by atoms with Crippen LogP contribution in [0.3, 0.4) is 0 Å². The SMILES string of the molecule is COC(=O)[C@H](CO[C@@H]1CO[C@H]2[C@@H]1OC[C@@H]2OCCCN=C(NC(=O)OC(C)(C)C)NC(=O)OC(C)(C)C)NC(=O)OCc1ccccc1. The van der Waals surface area contributed by atoms with Crippen molar-refractivity contribution in [2.45, 2.75) is 96.2 Å². The van der Waals surface area contributed by atoms with Crippen molar-refractivity contribution < 1.29 is 57.1 Å². The Bertz CT molecular complexity index is 1220. The molecular formula is C32H48N4O12. The molecule has 3 amide bonds. The highest BCUT2D eigenvalue weighted by atomic mass is 16.6. The van der Waals surface area contributed by atoms with Gasteiger partial charge in [0.05, 0.1) is 26.9 Å². The van der Waals surface area contributed by atoms with E-state index in [9.17, 15) is 19.2 Å². The number of ether oxygens (including phenoxy) is 8. The molecule has 0 radical (unpaired) electrons. The van der Waals surface area contributed by atoms with Gasteiger partial charge in [-0.3, -0.25) is 15.6 Å². The topological polar surface area (TPSA) is 191 Å². The number of aliphatic imine (C=N–C) groups is 1. The van der Waals surface area contributed by atoms with E-state index in [1.54, 1.807) is 41.5 Å². The molecule has 0 spiro atoms. The molecule has 2 saturated heterocycles. The second-order valence-electron chi connectivity index (χ2n) is 13.0. The third kappa shape index (κ3) is 13.6. The lowest BCUT2D eigenvalue weighted by Gasteiger charge is -2.22. The van der Waals surface area contributed by atoms with Gasteiger partial charge in [-0.2, -0.15) is 0 Å². The summed E-state index contributed by atoms with van der Waals surface area (Å²) < 4.78 is 44.2. The minimum Gasteiger partial charge on any atom is -0.467 e. The molecule has 2 heterocycles. The van der Waals surface area contributed by atoms with Gasteiger partial charge in [0.1, 0.15) is 42.2 Å². The third-order valence-corrected chi connectivity index (χ3v) is 6.57. The van der Waals surface area contributed by atoms with Crippen molar-refractivity contribution in [3.05, 3.63) is 35.9 Å². The van der Waals surface area contributed by atoms with Crippen molar-refractivity contribution in [2.24, 2.45) is 4.99 Å². The summed E-state index contributed by atoms with van der Waals surface area (Å²) in [4.78, 5) is 53.5. The van der Waals surface area contributed by atoms with Gasteiger partial charge in [-0.1, -0.05) is 30.3 Å². The van der Waals surface area contributed by atoms with Crippen molar-refractivity contribution in [2.75, 3.05) is 40.1 Å². The minimum absolute atomic E-state index is 0.0380. The van der Waals surface area contributed by atoms with E-state index in [1.807, 2.05) is 30.3 Å². The molecule has 268 valence electrons. The Balaban J connectivity index is 1.44. The van der Waals surface area contributed by atoms with Crippen LogP contribution in [0.15, 0.2) is 35.3 Å². The number of methoxy groups -OCH3 is 1. The van der Waals surface area contributed by atoms with Crippen LogP contribution < -0.4 is 16.0 Å². The lowest BCUT2D eigenvalue weighted by molar-refractivity contribution is -0.146. The van der Waals surface area contributed by atoms with Crippen molar-refractivity contribution >= 4 is 30.2 Å². The standard InChI is InChI=1S/C32H48N4O12/c1-31(2,3)47-29(39)35-27(36-30(40)48-32(4,5)6)33-14-11-15-42-22-18-44-25-23(19-45-24(22)25)43-17-21(26(37)41-7)34-28(38)46-16-20-12-9-8-10-13-20/h8-10,12-13,21-25H,11,14-19H2,1-7H3,(H,34,38)(H2,33,35,36,39,40)/t21-,22-,23+,24+,25+/m0/s1. The first kappa shape index (κ1) is 38.5. The maximum absolute atomic E-state index is 12.3. The van der Waals surface area contributed by atoms with Crippen molar-refractivity contribution in [3.8, 4) is 0 Å². The number of nitrogens with zero attached hydrogens (tertiary/aromatic N) is 1. The van der Waals surface area contributed by atoms with E-state index >= 15 is 0 Å². The molecule has 5 atom stereocenters. The number of alkyl carbamates (subject to hydrolysis) is 3. The van der Waals surface area contributed by atoms with E-state index in [-0.39, 0.29) is 51.6 Å². The maximum atomic E-state index is 12.3. The van der Waals surface area contributed by atoms with E-state index in [1.165, 1.54) is 7.11 Å². The van der Waals surface area contributed by atoms with Gasteiger partial charge in [-0.05, 0) is 53.5 Å². The summed E-state index contributed by atoms with van der Waals surface area (Å²) in [6, 6.07) is 8.02. The number of esters is 1. The number of guanidine groups is 1. The number of amides is 3. The minimum atomic E-state index is -1.11. The molecule has 3 N–H and O–H groups in total. The van der Waals surface area contributed by atoms with E-state index in [4.69, 9.17) is 37.9 Å². The highest BCUT2D eigenvalue weighted by Gasteiger charge is 2.49. The average molecular weight is 681 g/mol. The number of fused-ring (bicyclic) bond motifs is 1. The van der Waals surface area contributed by atoms with Crippen LogP contribution in [0.25, 0.3) is 0 Å². The Hall–Kier alpha value is -3.99. The zero-order valence-electron chi connectivity index (χ0n) is 28.6. The first-order valence-corrected chi connectivity index (χ1v) is 15.7. The van der Waals surface area contributed by atoms with E-state index in [0.717, 1.165) is 5.56 Å². The van der Waals surface area contributed by atoms with E-state index < -0.39 is 59.8 Å². The number of carbonyl (C=O) groups excluding carboxylic acids is 4. The zero-order valence-corrected chi connectivity index (χ0v) is 28.6. The monoisotopic (exact) mass is 680 g/mol. The Morgan fingerprint density at radius 2 is 1.42 bits per heavy atom. The van der Waals surface area contributed by atoms with Crippen LogP contribution in [0, 0.1) is 0 Å². The molecule has 3 rings (SSSR count). The van der Waals surface area contributed by atoms with Crippen LogP contribution >= 0.6 is 0 Å². The summed E-state index contributed by atoms with van der Waals surface area (Å²) >= 11 is 0. The fraction of sp³-hybridized carbons (Fsp3) is 0.656. The van der Waals surface area contributed by atoms with Gasteiger partial charge in [-0.25, -0.2) is 19.2 Å². The summed E-state index contributed by atoms with van der Waals surface area (Å²) in [5.74, 6) is -0.810. The van der Waals surface area contributed by atoms with Crippen LogP contribution in [-0.4, -0.2) is 112 Å². The summed E-state index contributed by atoms with van der Waals surface area (Å²) in [6.07, 6.45) is -3.66. The molecule has 1 aromatic rings. The zero-order chi connectivity index (χ0) is 35.3. The maximum Gasteiger partial charge on any atom is 0.414 e. The molecule has 48 heavy (non-hydrogen) atoms. The second kappa shape index (κ2) is 18.0. The van der Waals surface area contributed by atoms with Crippen LogP contribution in [0.1, 0.15) is 53.5 Å². The van der Waals surface area contributed by atoms with Crippen LogP contribution in [0.2, 0.25) is 0 Å². The smallest absolute Gasteiger partial charge is 0.414 e. The highest BCUT2D eigenvalue weighted by molar-refractivity contribution is 6.01. The molecule has 0 unspecified atom stereocenters. The molecule has 0 aromatic heterocycles. The first-order chi connectivity index (χ1) is 22.6. The summed E-state index contributed by atoms with van der Waals surface area (Å²) in [6.45, 7) is 11.1. The molecule has 0 aliphatic carbocycles. The normalized spacial score (nSPS) is 20.9. The lowest BCUT2D eigenvalue weighted by Crippen LogP contribution is -2.47. The van der Waals surface area contributed by atoms with Crippen LogP contribution in [0.4, 0.5) is 14.4 Å². The number of hydrogen-bond donors (Lipinski definition) is 3. The van der Waals surface area contributed by atoms with Crippen molar-refractivity contribution in [1.29, 1.82) is 0 Å². The number of hydrogen-bond acceptors (Lipinski definition) is 13. The molecule has 1 aromatic carbocycles. The molecule has 0 saturated carbocycles. The first-order valence-electron chi connectivity index (χ1n) is 15.7. The molecular weight excluding hydrogens is 632 g/mol. The predicted octanol–water partition coefficient (Wildman–Crippen LogP) is 2.82. The molecule has 2 aliphatic heterocycles. The Morgan fingerprint density at radius 3 is 1.96 bits per heavy atom. The number of carbonyl (C=O) groups is 4. The Kier molecular flexibility index (Phi) is 14.4. The molecule has 2 aliphatic rings. The molecule has 0 bridgehead atoms. The molecule has 16 heteroatoms. The van der Waals surface area contributed by atoms with Gasteiger partial charge in [0.15, 0.2) is 6.04 Å². The largest absolute Gasteiger partial charge is 0.467 e.